The Labute approximate surface area is 129 Å². The van der Waals surface area contributed by atoms with Gasteiger partial charge in [-0.1, -0.05) is 24.3 Å². The molecule has 2 nitrogen and oxygen atoms in total. The summed E-state index contributed by atoms with van der Waals surface area (Å²) in [5.41, 5.74) is 1.31. The topological polar surface area (TPSA) is 29.1 Å². The van der Waals surface area contributed by atoms with Crippen LogP contribution in [0.5, 0.6) is 0 Å². The smallest absolute Gasteiger partial charge is 0.221 e. The van der Waals surface area contributed by atoms with E-state index in [4.69, 9.17) is 0 Å². The fraction of sp³-hybridized carbons (Fsp3) is 0.278. The van der Waals surface area contributed by atoms with Crippen molar-refractivity contribution in [3.63, 3.8) is 0 Å². The Morgan fingerprint density at radius 2 is 1.50 bits per heavy atom. The average Bonchev–Trinajstić information content (AvgIpc) is 2.44. The Balaban J connectivity index is 2.34. The third-order valence-electron chi connectivity index (χ3n) is 3.34. The molecule has 2 aromatic carbocycles. The van der Waals surface area contributed by atoms with Crippen LogP contribution in [0.2, 0.25) is 0 Å². The van der Waals surface area contributed by atoms with E-state index in [0.717, 1.165) is 0 Å². The average molecular weight is 303 g/mol. The molecule has 0 spiro atoms. The molecule has 1 amide bonds. The third-order valence-corrected chi connectivity index (χ3v) is 3.34. The van der Waals surface area contributed by atoms with Crippen molar-refractivity contribution < 1.29 is 13.6 Å². The zero-order chi connectivity index (χ0) is 16.1. The van der Waals surface area contributed by atoms with Gasteiger partial charge in [0.25, 0.3) is 0 Å². The quantitative estimate of drug-likeness (QED) is 0.888. The Kier molecular flexibility index (Phi) is 5.26. The molecular formula is C18H19F2NO. The van der Waals surface area contributed by atoms with E-state index in [9.17, 15) is 13.6 Å². The van der Waals surface area contributed by atoms with Gasteiger partial charge in [0, 0.05) is 18.4 Å². The van der Waals surface area contributed by atoms with Crippen molar-refractivity contribution in [1.82, 2.24) is 5.32 Å². The fourth-order valence-corrected chi connectivity index (χ4v) is 2.44. The van der Waals surface area contributed by atoms with Crippen LogP contribution in [0.3, 0.4) is 0 Å². The minimum Gasteiger partial charge on any atom is -0.354 e. The van der Waals surface area contributed by atoms with Crippen LogP contribution < -0.4 is 5.32 Å². The molecule has 0 aromatic heterocycles. The summed E-state index contributed by atoms with van der Waals surface area (Å²) in [6, 6.07) is 12.2. The second-order valence-corrected chi connectivity index (χ2v) is 5.59. The van der Waals surface area contributed by atoms with Crippen molar-refractivity contribution in [2.75, 3.05) is 0 Å². The van der Waals surface area contributed by atoms with Crippen LogP contribution >= 0.6 is 0 Å². The maximum Gasteiger partial charge on any atom is 0.221 e. The van der Waals surface area contributed by atoms with Crippen molar-refractivity contribution in [3.8, 4) is 0 Å². The second-order valence-electron chi connectivity index (χ2n) is 5.59. The van der Waals surface area contributed by atoms with Crippen LogP contribution in [0.1, 0.15) is 37.3 Å². The first kappa shape index (κ1) is 16.1. The maximum atomic E-state index is 13.5. The number of amides is 1. The summed E-state index contributed by atoms with van der Waals surface area (Å²) >= 11 is 0. The molecule has 22 heavy (non-hydrogen) atoms. The van der Waals surface area contributed by atoms with Gasteiger partial charge in [0.15, 0.2) is 0 Å². The Morgan fingerprint density at radius 3 is 1.91 bits per heavy atom. The molecule has 0 saturated carbocycles. The first-order chi connectivity index (χ1) is 10.5. The Morgan fingerprint density at radius 1 is 1.00 bits per heavy atom. The van der Waals surface area contributed by atoms with E-state index in [1.54, 1.807) is 24.3 Å². The van der Waals surface area contributed by atoms with Crippen molar-refractivity contribution in [3.05, 3.63) is 71.3 Å². The molecule has 0 fully saturated rings. The van der Waals surface area contributed by atoms with Crippen LogP contribution in [0, 0.1) is 11.6 Å². The summed E-state index contributed by atoms with van der Waals surface area (Å²) in [6.07, 6.45) is 0.144. The van der Waals surface area contributed by atoms with Gasteiger partial charge in [-0.15, -0.1) is 0 Å². The summed E-state index contributed by atoms with van der Waals surface area (Å²) in [5, 5.41) is 2.82. The summed E-state index contributed by atoms with van der Waals surface area (Å²) in [5.74, 6) is -1.27. The Bertz CT molecular complexity index is 610. The summed E-state index contributed by atoms with van der Waals surface area (Å²) in [6.45, 7) is 3.74. The highest BCUT2D eigenvalue weighted by Crippen LogP contribution is 2.29. The lowest BCUT2D eigenvalue weighted by Crippen LogP contribution is -2.31. The first-order valence-electron chi connectivity index (χ1n) is 7.26. The van der Waals surface area contributed by atoms with Crippen LogP contribution in [-0.2, 0) is 4.79 Å². The molecule has 4 heteroatoms. The number of benzene rings is 2. The number of rotatable bonds is 5. The summed E-state index contributed by atoms with van der Waals surface area (Å²) in [7, 11) is 0. The van der Waals surface area contributed by atoms with E-state index in [2.05, 4.69) is 5.32 Å². The fourth-order valence-electron chi connectivity index (χ4n) is 2.44. The van der Waals surface area contributed by atoms with Gasteiger partial charge in [0.2, 0.25) is 5.91 Å². The molecular weight excluding hydrogens is 284 g/mol. The zero-order valence-electron chi connectivity index (χ0n) is 12.6. The van der Waals surface area contributed by atoms with Gasteiger partial charge in [-0.2, -0.15) is 0 Å². The van der Waals surface area contributed by atoms with E-state index in [0.29, 0.717) is 11.1 Å². The van der Waals surface area contributed by atoms with Crippen molar-refractivity contribution in [1.29, 1.82) is 0 Å². The highest BCUT2D eigenvalue weighted by molar-refractivity contribution is 5.77. The summed E-state index contributed by atoms with van der Waals surface area (Å²) in [4.78, 5) is 12.1. The highest BCUT2D eigenvalue weighted by atomic mass is 19.1. The molecule has 116 valence electrons. The van der Waals surface area contributed by atoms with Crippen molar-refractivity contribution in [2.45, 2.75) is 32.2 Å². The van der Waals surface area contributed by atoms with E-state index >= 15 is 0 Å². The van der Waals surface area contributed by atoms with Crippen LogP contribution in [0.25, 0.3) is 0 Å². The lowest BCUT2D eigenvalue weighted by molar-refractivity contribution is -0.121. The van der Waals surface area contributed by atoms with Crippen LogP contribution in [0.15, 0.2) is 48.5 Å². The number of hydrogen-bond acceptors (Lipinski definition) is 1. The number of halogens is 2. The molecule has 0 atom stereocenters. The monoisotopic (exact) mass is 303 g/mol. The number of nitrogens with one attached hydrogen (secondary N) is 1. The molecule has 0 radical (unpaired) electrons. The lowest BCUT2D eigenvalue weighted by atomic mass is 9.88. The lowest BCUT2D eigenvalue weighted by Gasteiger charge is -2.19. The van der Waals surface area contributed by atoms with E-state index in [-0.39, 0.29) is 35.9 Å². The summed E-state index contributed by atoms with van der Waals surface area (Å²) < 4.78 is 27.0. The predicted octanol–water partition coefficient (Wildman–Crippen LogP) is 4.01. The molecule has 1 N–H and O–H groups in total. The molecule has 0 aliphatic rings. The standard InChI is InChI=1S/C18H19F2NO/c1-12(2)21-18(22)11-17(13-5-3-7-15(19)9-13)14-6-4-8-16(20)10-14/h3-10,12,17H,11H2,1-2H3,(H,21,22). The minimum absolute atomic E-state index is 0.0215. The van der Waals surface area contributed by atoms with Gasteiger partial charge in [-0.3, -0.25) is 4.79 Å². The first-order valence-corrected chi connectivity index (χ1v) is 7.26. The molecule has 0 heterocycles. The Hall–Kier alpha value is -2.23. The predicted molar refractivity (Wildman–Crippen MR) is 82.5 cm³/mol. The van der Waals surface area contributed by atoms with Gasteiger partial charge in [0.1, 0.15) is 11.6 Å². The molecule has 0 saturated heterocycles. The minimum atomic E-state index is -0.384. The van der Waals surface area contributed by atoms with Crippen molar-refractivity contribution >= 4 is 5.91 Å². The highest BCUT2D eigenvalue weighted by Gasteiger charge is 2.19. The van der Waals surface area contributed by atoms with Crippen LogP contribution in [0.4, 0.5) is 8.78 Å². The molecule has 2 rings (SSSR count). The normalized spacial score (nSPS) is 11.0. The molecule has 2 aromatic rings. The van der Waals surface area contributed by atoms with Gasteiger partial charge < -0.3 is 5.32 Å². The number of hydrogen-bond donors (Lipinski definition) is 1. The second kappa shape index (κ2) is 7.16. The van der Waals surface area contributed by atoms with Crippen molar-refractivity contribution in [2.24, 2.45) is 0 Å². The number of carbonyl (C=O) groups is 1. The largest absolute Gasteiger partial charge is 0.354 e. The van der Waals surface area contributed by atoms with Gasteiger partial charge in [0.05, 0.1) is 0 Å². The molecule has 0 bridgehead atoms. The number of carbonyl (C=O) groups excluding carboxylic acids is 1. The van der Waals surface area contributed by atoms with Gasteiger partial charge in [-0.25, -0.2) is 8.78 Å². The van der Waals surface area contributed by atoms with Gasteiger partial charge in [-0.05, 0) is 49.2 Å². The zero-order valence-corrected chi connectivity index (χ0v) is 12.6. The van der Waals surface area contributed by atoms with E-state index in [1.807, 2.05) is 13.8 Å². The SMILES string of the molecule is CC(C)NC(=O)CC(c1cccc(F)c1)c1cccc(F)c1. The molecule has 0 aliphatic heterocycles. The maximum absolute atomic E-state index is 13.5. The van der Waals surface area contributed by atoms with E-state index in [1.165, 1.54) is 24.3 Å². The third kappa shape index (κ3) is 4.38. The molecule has 0 unspecified atom stereocenters. The van der Waals surface area contributed by atoms with Gasteiger partial charge >= 0.3 is 0 Å². The molecule has 0 aliphatic carbocycles. The van der Waals surface area contributed by atoms with E-state index < -0.39 is 0 Å². The van der Waals surface area contributed by atoms with Crippen LogP contribution in [-0.4, -0.2) is 11.9 Å².